The summed E-state index contributed by atoms with van der Waals surface area (Å²) in [6.45, 7) is 0. The zero-order valence-corrected chi connectivity index (χ0v) is 11.3. The fourth-order valence-corrected chi connectivity index (χ4v) is 2.62. The maximum Gasteiger partial charge on any atom is 0.257 e. The van der Waals surface area contributed by atoms with E-state index in [-0.39, 0.29) is 5.91 Å². The van der Waals surface area contributed by atoms with E-state index in [2.05, 4.69) is 31.4 Å². The molecule has 0 bridgehead atoms. The molecule has 6 heteroatoms. The second-order valence-corrected chi connectivity index (χ2v) is 5.12. The van der Waals surface area contributed by atoms with Crippen molar-refractivity contribution in [1.82, 2.24) is 10.2 Å². The van der Waals surface area contributed by atoms with Crippen LogP contribution in [0.2, 0.25) is 0 Å². The molecule has 1 aromatic carbocycles. The summed E-state index contributed by atoms with van der Waals surface area (Å²) in [6, 6.07) is 9.04. The van der Waals surface area contributed by atoms with Crippen LogP contribution in [0.4, 0.5) is 5.13 Å². The van der Waals surface area contributed by atoms with Gasteiger partial charge in [-0.25, -0.2) is 0 Å². The Morgan fingerprint density at radius 2 is 2.06 bits per heavy atom. The third kappa shape index (κ3) is 3.34. The van der Waals surface area contributed by atoms with Gasteiger partial charge in [-0.05, 0) is 12.1 Å². The second-order valence-electron chi connectivity index (χ2n) is 3.26. The maximum atomic E-state index is 11.8. The second kappa shape index (κ2) is 5.88. The van der Waals surface area contributed by atoms with Crippen molar-refractivity contribution in [3.63, 3.8) is 0 Å². The number of halogens is 1. The number of nitrogens with zero attached hydrogens (tertiary/aromatic N) is 2. The molecular weight excluding hydrogens is 302 g/mol. The fourth-order valence-electron chi connectivity index (χ4n) is 1.24. The first-order valence-corrected chi connectivity index (χ1v) is 6.98. The molecule has 2 aromatic rings. The number of carbonyl (C=O) groups is 1. The van der Waals surface area contributed by atoms with Crippen LogP contribution in [0.3, 0.4) is 0 Å². The van der Waals surface area contributed by atoms with Crippen LogP contribution in [0.5, 0.6) is 0 Å². The monoisotopic (exact) mass is 311 g/mol. The number of aryl methyl sites for hydroxylation is 1. The molecule has 0 aliphatic rings. The van der Waals surface area contributed by atoms with Crippen molar-refractivity contribution in [2.45, 2.75) is 6.42 Å². The lowest BCUT2D eigenvalue weighted by atomic mass is 10.2. The number of nitrogens with one attached hydrogen (secondary N) is 1. The Kier molecular flexibility index (Phi) is 4.22. The van der Waals surface area contributed by atoms with E-state index in [9.17, 15) is 4.79 Å². The average Bonchev–Trinajstić information content (AvgIpc) is 2.78. The summed E-state index contributed by atoms with van der Waals surface area (Å²) in [5.74, 6) is -0.160. The zero-order valence-electron chi connectivity index (χ0n) is 8.89. The standard InChI is InChI=1S/C11H10BrN3OS/c12-7-6-9-14-15-11(17-9)13-10(16)8-4-2-1-3-5-8/h1-5H,6-7H2,(H,13,15,16). The summed E-state index contributed by atoms with van der Waals surface area (Å²) in [4.78, 5) is 11.8. The van der Waals surface area contributed by atoms with Gasteiger partial charge in [0.2, 0.25) is 5.13 Å². The van der Waals surface area contributed by atoms with Crippen LogP contribution in [0.1, 0.15) is 15.4 Å². The summed E-state index contributed by atoms with van der Waals surface area (Å²) >= 11 is 4.73. The van der Waals surface area contributed by atoms with E-state index in [0.717, 1.165) is 16.8 Å². The minimum atomic E-state index is -0.160. The molecule has 1 aromatic heterocycles. The van der Waals surface area contributed by atoms with Crippen LogP contribution in [0.25, 0.3) is 0 Å². The van der Waals surface area contributed by atoms with E-state index >= 15 is 0 Å². The Morgan fingerprint density at radius 1 is 1.29 bits per heavy atom. The van der Waals surface area contributed by atoms with Crippen LogP contribution in [0.15, 0.2) is 30.3 Å². The molecule has 0 spiro atoms. The molecule has 0 radical (unpaired) electrons. The number of anilines is 1. The topological polar surface area (TPSA) is 54.9 Å². The lowest BCUT2D eigenvalue weighted by molar-refractivity contribution is 0.102. The predicted molar refractivity (Wildman–Crippen MR) is 71.8 cm³/mol. The van der Waals surface area contributed by atoms with E-state index in [0.29, 0.717) is 10.7 Å². The molecule has 2 rings (SSSR count). The highest BCUT2D eigenvalue weighted by molar-refractivity contribution is 9.09. The lowest BCUT2D eigenvalue weighted by Gasteiger charge is -1.99. The van der Waals surface area contributed by atoms with Gasteiger partial charge in [0, 0.05) is 17.3 Å². The van der Waals surface area contributed by atoms with Crippen LogP contribution in [0, 0.1) is 0 Å². The SMILES string of the molecule is O=C(Nc1nnc(CCBr)s1)c1ccccc1. The van der Waals surface area contributed by atoms with Gasteiger partial charge in [-0.1, -0.05) is 45.5 Å². The van der Waals surface area contributed by atoms with Gasteiger partial charge in [-0.2, -0.15) is 0 Å². The van der Waals surface area contributed by atoms with Crippen molar-refractivity contribution in [2.24, 2.45) is 0 Å². The molecule has 1 heterocycles. The van der Waals surface area contributed by atoms with Crippen LogP contribution < -0.4 is 5.32 Å². The van der Waals surface area contributed by atoms with Gasteiger partial charge < -0.3 is 0 Å². The van der Waals surface area contributed by atoms with E-state index in [4.69, 9.17) is 0 Å². The van der Waals surface area contributed by atoms with Gasteiger partial charge in [-0.3, -0.25) is 10.1 Å². The van der Waals surface area contributed by atoms with Gasteiger partial charge in [-0.15, -0.1) is 10.2 Å². The first kappa shape index (κ1) is 12.2. The fraction of sp³-hybridized carbons (Fsp3) is 0.182. The largest absolute Gasteiger partial charge is 0.296 e. The molecule has 0 fully saturated rings. The molecule has 4 nitrogen and oxygen atoms in total. The molecule has 0 unspecified atom stereocenters. The highest BCUT2D eigenvalue weighted by Gasteiger charge is 2.09. The Bertz CT molecular complexity index is 500. The van der Waals surface area contributed by atoms with Gasteiger partial charge >= 0.3 is 0 Å². The zero-order chi connectivity index (χ0) is 12.1. The first-order valence-electron chi connectivity index (χ1n) is 5.04. The Hall–Kier alpha value is -1.27. The number of aromatic nitrogens is 2. The third-order valence-corrected chi connectivity index (χ3v) is 3.33. The van der Waals surface area contributed by atoms with E-state index < -0.39 is 0 Å². The first-order chi connectivity index (χ1) is 8.29. The van der Waals surface area contributed by atoms with Gasteiger partial charge in [0.15, 0.2) is 0 Å². The van der Waals surface area contributed by atoms with E-state index in [1.54, 1.807) is 12.1 Å². The summed E-state index contributed by atoms with van der Waals surface area (Å²) in [5, 5.41) is 12.9. The summed E-state index contributed by atoms with van der Waals surface area (Å²) in [6.07, 6.45) is 0.818. The van der Waals surface area contributed by atoms with Crippen molar-refractivity contribution < 1.29 is 4.79 Å². The van der Waals surface area contributed by atoms with Crippen molar-refractivity contribution in [2.75, 3.05) is 10.6 Å². The van der Waals surface area contributed by atoms with Crippen LogP contribution in [-0.2, 0) is 6.42 Å². The predicted octanol–water partition coefficient (Wildman–Crippen LogP) is 2.73. The molecule has 88 valence electrons. The maximum absolute atomic E-state index is 11.8. The van der Waals surface area contributed by atoms with Crippen molar-refractivity contribution in [1.29, 1.82) is 0 Å². The normalized spacial score (nSPS) is 10.2. The van der Waals surface area contributed by atoms with Crippen molar-refractivity contribution >= 4 is 38.3 Å². The highest BCUT2D eigenvalue weighted by Crippen LogP contribution is 2.17. The number of hydrogen-bond donors (Lipinski definition) is 1. The molecule has 1 N–H and O–H groups in total. The quantitative estimate of drug-likeness (QED) is 0.883. The Labute approximate surface area is 111 Å². The minimum Gasteiger partial charge on any atom is -0.296 e. The number of hydrogen-bond acceptors (Lipinski definition) is 4. The lowest BCUT2D eigenvalue weighted by Crippen LogP contribution is -2.11. The minimum absolute atomic E-state index is 0.160. The molecule has 1 amide bonds. The number of carbonyl (C=O) groups excluding carboxylic acids is 1. The van der Waals surface area contributed by atoms with Crippen molar-refractivity contribution in [3.05, 3.63) is 40.9 Å². The molecule has 0 aliphatic heterocycles. The van der Waals surface area contributed by atoms with Crippen LogP contribution in [-0.4, -0.2) is 21.4 Å². The smallest absolute Gasteiger partial charge is 0.257 e. The van der Waals surface area contributed by atoms with Gasteiger partial charge in [0.05, 0.1) is 0 Å². The average molecular weight is 312 g/mol. The Balaban J connectivity index is 2.03. The van der Waals surface area contributed by atoms with Crippen LogP contribution >= 0.6 is 27.3 Å². The van der Waals surface area contributed by atoms with Crippen molar-refractivity contribution in [3.8, 4) is 0 Å². The van der Waals surface area contributed by atoms with E-state index in [1.807, 2.05) is 18.2 Å². The number of amides is 1. The molecule has 0 aliphatic carbocycles. The molecule has 0 saturated heterocycles. The van der Waals surface area contributed by atoms with E-state index in [1.165, 1.54) is 11.3 Å². The summed E-state index contributed by atoms with van der Waals surface area (Å²) < 4.78 is 0. The molecule has 0 atom stereocenters. The summed E-state index contributed by atoms with van der Waals surface area (Å²) in [7, 11) is 0. The van der Waals surface area contributed by atoms with Gasteiger partial charge in [0.25, 0.3) is 5.91 Å². The Morgan fingerprint density at radius 3 is 2.76 bits per heavy atom. The number of alkyl halides is 1. The highest BCUT2D eigenvalue weighted by atomic mass is 79.9. The molecule has 17 heavy (non-hydrogen) atoms. The summed E-state index contributed by atoms with van der Waals surface area (Å²) in [5.41, 5.74) is 0.616. The molecular formula is C11H10BrN3OS. The van der Waals surface area contributed by atoms with Gasteiger partial charge in [0.1, 0.15) is 5.01 Å². The third-order valence-electron chi connectivity index (χ3n) is 2.03. The number of benzene rings is 1. The molecule has 0 saturated carbocycles. The number of rotatable bonds is 4.